The Hall–Kier alpha value is -5.49. The van der Waals surface area contributed by atoms with Gasteiger partial charge in [-0.25, -0.2) is 10.0 Å². The highest BCUT2D eigenvalue weighted by Crippen LogP contribution is 2.50. The molecule has 0 bridgehead atoms. The molecule has 1 amide bonds. The van der Waals surface area contributed by atoms with E-state index in [9.17, 15) is 0 Å². The lowest BCUT2D eigenvalue weighted by Crippen LogP contribution is -2.55. The molecule has 2 atom stereocenters. The van der Waals surface area contributed by atoms with Crippen molar-refractivity contribution >= 4 is 28.8 Å². The van der Waals surface area contributed by atoms with Gasteiger partial charge in [0.25, 0.3) is 5.91 Å². The van der Waals surface area contributed by atoms with Crippen molar-refractivity contribution in [2.75, 3.05) is 17.0 Å². The molecule has 210 valence electrons. The number of amides is 1. The largest absolute Gasteiger partial charge is 0.497 e. The van der Waals surface area contributed by atoms with Crippen LogP contribution in [0.2, 0.25) is 0 Å². The quantitative estimate of drug-likeness (QED) is 0.220. The van der Waals surface area contributed by atoms with E-state index in [-0.39, 0.29) is 5.91 Å². The van der Waals surface area contributed by atoms with Gasteiger partial charge in [-0.3, -0.25) is 9.69 Å². The molecule has 43 heavy (non-hydrogen) atoms. The first kappa shape index (κ1) is 26.4. The van der Waals surface area contributed by atoms with Gasteiger partial charge in [0, 0.05) is 5.56 Å². The fraction of sp³-hybridized carbons (Fsp3) is 0.108. The maximum absolute atomic E-state index is 15.3. The highest BCUT2D eigenvalue weighted by atomic mass is 16.5. The van der Waals surface area contributed by atoms with Crippen LogP contribution in [-0.2, 0) is 4.79 Å². The lowest BCUT2D eigenvalue weighted by atomic mass is 9.80. The molecule has 0 N–H and O–H groups in total. The van der Waals surface area contributed by atoms with Gasteiger partial charge in [-0.15, -0.1) is 0 Å². The van der Waals surface area contributed by atoms with Crippen molar-refractivity contribution in [3.63, 3.8) is 0 Å². The average molecular weight is 563 g/mol. The number of hydrogen-bond donors (Lipinski definition) is 0. The minimum Gasteiger partial charge on any atom is -0.497 e. The Morgan fingerprint density at radius 1 is 0.674 bits per heavy atom. The predicted molar refractivity (Wildman–Crippen MR) is 172 cm³/mol. The molecule has 6 heteroatoms. The summed E-state index contributed by atoms with van der Waals surface area (Å²) >= 11 is 0. The van der Waals surface area contributed by atoms with Crippen molar-refractivity contribution in [3.8, 4) is 5.75 Å². The molecule has 6 nitrogen and oxygen atoms in total. The summed E-state index contributed by atoms with van der Waals surface area (Å²) in [5.74, 6) is 0.622. The van der Waals surface area contributed by atoms with Crippen LogP contribution in [0, 0.1) is 6.92 Å². The van der Waals surface area contributed by atoms with Gasteiger partial charge in [0.1, 0.15) is 11.6 Å². The van der Waals surface area contributed by atoms with Crippen LogP contribution in [0.25, 0.3) is 0 Å². The zero-order valence-corrected chi connectivity index (χ0v) is 24.0. The molecule has 2 aliphatic rings. The Bertz CT molecular complexity index is 1820. The second-order valence-electron chi connectivity index (χ2n) is 10.7. The Balaban J connectivity index is 1.53. The molecular weight excluding hydrogens is 532 g/mol. The number of methoxy groups -OCH3 is 1. The number of ether oxygens (including phenoxy) is 1. The zero-order chi connectivity index (χ0) is 29.4. The molecule has 2 heterocycles. The Kier molecular flexibility index (Phi) is 6.59. The van der Waals surface area contributed by atoms with Crippen LogP contribution in [-0.4, -0.2) is 30.2 Å². The SMILES string of the molecule is COc1ccc([C@@H]2C(c3ccccc3)=NN(c3ccccc3)[C@@]23N=C(c2ccccc2)N(c2ccc(C)cc2)C3=O)cc1. The van der Waals surface area contributed by atoms with Crippen molar-refractivity contribution in [3.05, 3.63) is 162 Å². The molecule has 0 unspecified atom stereocenters. The topological polar surface area (TPSA) is 57.5 Å². The highest BCUT2D eigenvalue weighted by molar-refractivity contribution is 6.32. The number of carbonyl (C=O) groups is 1. The van der Waals surface area contributed by atoms with E-state index in [4.69, 9.17) is 14.8 Å². The summed E-state index contributed by atoms with van der Waals surface area (Å²) in [6, 6.07) is 45.7. The third-order valence-corrected chi connectivity index (χ3v) is 8.06. The molecule has 1 spiro atoms. The fourth-order valence-electron chi connectivity index (χ4n) is 5.96. The van der Waals surface area contributed by atoms with Crippen LogP contribution in [0.15, 0.2) is 150 Å². The van der Waals surface area contributed by atoms with Crippen LogP contribution in [0.1, 0.15) is 28.2 Å². The molecule has 5 aromatic carbocycles. The molecule has 0 aliphatic carbocycles. The molecule has 0 saturated carbocycles. The number of aliphatic imine (C=N–C) groups is 1. The summed E-state index contributed by atoms with van der Waals surface area (Å²) in [5, 5.41) is 7.07. The van der Waals surface area contributed by atoms with Gasteiger partial charge in [-0.05, 0) is 54.4 Å². The van der Waals surface area contributed by atoms with Crippen LogP contribution in [0.4, 0.5) is 11.4 Å². The van der Waals surface area contributed by atoms with Crippen LogP contribution in [0.5, 0.6) is 5.75 Å². The van der Waals surface area contributed by atoms with E-state index in [0.717, 1.165) is 45.1 Å². The second kappa shape index (κ2) is 10.7. The number of rotatable bonds is 6. The van der Waals surface area contributed by atoms with Crippen molar-refractivity contribution < 1.29 is 9.53 Å². The van der Waals surface area contributed by atoms with E-state index < -0.39 is 11.6 Å². The van der Waals surface area contributed by atoms with Crippen LogP contribution in [0.3, 0.4) is 0 Å². The lowest BCUT2D eigenvalue weighted by molar-refractivity contribution is -0.121. The third-order valence-electron chi connectivity index (χ3n) is 8.06. The van der Waals surface area contributed by atoms with Gasteiger partial charge in [0.15, 0.2) is 0 Å². The van der Waals surface area contributed by atoms with Gasteiger partial charge >= 0.3 is 0 Å². The number of nitrogens with zero attached hydrogens (tertiary/aromatic N) is 4. The molecule has 5 aromatic rings. The Morgan fingerprint density at radius 3 is 1.86 bits per heavy atom. The number of amidine groups is 1. The predicted octanol–water partition coefficient (Wildman–Crippen LogP) is 7.20. The van der Waals surface area contributed by atoms with E-state index in [2.05, 4.69) is 0 Å². The number of benzene rings is 5. The Morgan fingerprint density at radius 2 is 1.26 bits per heavy atom. The van der Waals surface area contributed by atoms with E-state index in [1.807, 2.05) is 151 Å². The minimum absolute atomic E-state index is 0.172. The number of hydrogen-bond acceptors (Lipinski definition) is 5. The van der Waals surface area contributed by atoms with Crippen molar-refractivity contribution in [1.29, 1.82) is 0 Å². The van der Waals surface area contributed by atoms with Crippen LogP contribution < -0.4 is 14.6 Å². The monoisotopic (exact) mass is 562 g/mol. The third kappa shape index (κ3) is 4.39. The molecule has 2 aliphatic heterocycles. The molecule has 0 radical (unpaired) electrons. The van der Waals surface area contributed by atoms with Crippen molar-refractivity contribution in [1.82, 2.24) is 0 Å². The van der Waals surface area contributed by atoms with Gasteiger partial charge in [-0.1, -0.05) is 109 Å². The number of hydrazone groups is 1. The normalized spacial score (nSPS) is 19.5. The number of para-hydroxylation sites is 1. The molecular formula is C37H30N4O2. The summed E-state index contributed by atoms with van der Waals surface area (Å²) in [6.07, 6.45) is 0. The fourth-order valence-corrected chi connectivity index (χ4v) is 5.96. The van der Waals surface area contributed by atoms with E-state index in [1.165, 1.54) is 0 Å². The maximum atomic E-state index is 15.3. The number of carbonyl (C=O) groups excluding carboxylic acids is 1. The molecule has 0 saturated heterocycles. The molecule has 7 rings (SSSR count). The van der Waals surface area contributed by atoms with Gasteiger partial charge in [0.2, 0.25) is 5.66 Å². The van der Waals surface area contributed by atoms with E-state index in [1.54, 1.807) is 12.0 Å². The maximum Gasteiger partial charge on any atom is 0.284 e. The number of aryl methyl sites for hydroxylation is 1. The Labute approximate surface area is 251 Å². The van der Waals surface area contributed by atoms with E-state index in [0.29, 0.717) is 5.84 Å². The van der Waals surface area contributed by atoms with Crippen molar-refractivity contribution in [2.24, 2.45) is 10.1 Å². The average Bonchev–Trinajstić information content (AvgIpc) is 3.57. The zero-order valence-electron chi connectivity index (χ0n) is 24.0. The second-order valence-corrected chi connectivity index (χ2v) is 10.7. The minimum atomic E-state index is -1.43. The smallest absolute Gasteiger partial charge is 0.284 e. The summed E-state index contributed by atoms with van der Waals surface area (Å²) in [7, 11) is 1.65. The van der Waals surface area contributed by atoms with Gasteiger partial charge in [0.05, 0.1) is 30.1 Å². The van der Waals surface area contributed by atoms with E-state index >= 15 is 4.79 Å². The molecule has 0 fully saturated rings. The number of anilines is 2. The molecule has 0 aromatic heterocycles. The van der Waals surface area contributed by atoms with Crippen molar-refractivity contribution in [2.45, 2.75) is 18.5 Å². The van der Waals surface area contributed by atoms with Gasteiger partial charge < -0.3 is 4.74 Å². The first-order valence-electron chi connectivity index (χ1n) is 14.3. The van der Waals surface area contributed by atoms with Gasteiger partial charge in [-0.2, -0.15) is 5.10 Å². The summed E-state index contributed by atoms with van der Waals surface area (Å²) in [5.41, 5.74) is 4.67. The lowest BCUT2D eigenvalue weighted by Gasteiger charge is -2.35. The first-order valence-corrected chi connectivity index (χ1v) is 14.3. The highest BCUT2D eigenvalue weighted by Gasteiger charge is 2.63. The first-order chi connectivity index (χ1) is 21.1. The standard InChI is InChI=1S/C37H30N4O2/c1-26-18-22-30(23-19-26)40-35(29-14-8-4-9-15-29)38-37(36(40)42)33(27-20-24-32(43-2)25-21-27)34(28-12-6-3-7-13-28)39-41(37)31-16-10-5-11-17-31/h3-25,33H,1-2H3/t33-,37+/m1/s1. The summed E-state index contributed by atoms with van der Waals surface area (Å²) in [6.45, 7) is 2.04. The summed E-state index contributed by atoms with van der Waals surface area (Å²) in [4.78, 5) is 22.6. The van der Waals surface area contributed by atoms with Crippen LogP contribution >= 0.6 is 0 Å². The summed E-state index contributed by atoms with van der Waals surface area (Å²) < 4.78 is 5.49.